The minimum absolute atomic E-state index is 0.132. The molecule has 0 N–H and O–H groups in total. The van der Waals surface area contributed by atoms with Gasteiger partial charge in [0.25, 0.3) is 17.4 Å². The van der Waals surface area contributed by atoms with Gasteiger partial charge in [-0.15, -0.1) is 10.2 Å². The standard InChI is InChI=1S/C24H22F3N3O4/c1-15(17-10-6-3-7-11-17)30-20(31)23(34-21(30)32,14-16-8-4-2-5-9-16)19-29-28-18(33-19)22(12-13-22)24(25,26)27/h2-10,15,17H,11-14H2,1H3/t15-,17?,23-/m1/s1. The zero-order chi connectivity index (χ0) is 24.1. The van der Waals surface area contributed by atoms with Crippen molar-refractivity contribution in [3.05, 3.63) is 72.0 Å². The molecule has 1 aromatic heterocycles. The van der Waals surface area contributed by atoms with E-state index in [0.29, 0.717) is 12.0 Å². The monoisotopic (exact) mass is 473 g/mol. The van der Waals surface area contributed by atoms with Gasteiger partial charge in [0, 0.05) is 18.4 Å². The Hall–Kier alpha value is -3.43. The minimum Gasteiger partial charge on any atom is -0.422 e. The molecule has 1 aromatic carbocycles. The fourth-order valence-electron chi connectivity index (χ4n) is 4.55. The van der Waals surface area contributed by atoms with Crippen LogP contribution in [0.25, 0.3) is 0 Å². The summed E-state index contributed by atoms with van der Waals surface area (Å²) in [5, 5.41) is 7.46. The molecule has 2 amide bonds. The summed E-state index contributed by atoms with van der Waals surface area (Å²) in [6.45, 7) is 1.73. The molecule has 2 fully saturated rings. The number of rotatable bonds is 6. The second-order valence-electron chi connectivity index (χ2n) is 8.98. The lowest BCUT2D eigenvalue weighted by Crippen LogP contribution is -2.46. The fraction of sp³-hybridized carbons (Fsp3) is 0.417. The maximum atomic E-state index is 13.8. The quantitative estimate of drug-likeness (QED) is 0.610. The van der Waals surface area contributed by atoms with Crippen LogP contribution in [0.1, 0.15) is 43.5 Å². The van der Waals surface area contributed by atoms with E-state index < -0.39 is 47.0 Å². The smallest absolute Gasteiger partial charge is 0.418 e. The summed E-state index contributed by atoms with van der Waals surface area (Å²) >= 11 is 0. The molecule has 3 aliphatic rings. The van der Waals surface area contributed by atoms with Gasteiger partial charge in [-0.1, -0.05) is 54.6 Å². The Balaban J connectivity index is 1.54. The third kappa shape index (κ3) is 3.43. The van der Waals surface area contributed by atoms with E-state index >= 15 is 0 Å². The number of alkyl halides is 3. The van der Waals surface area contributed by atoms with Crippen LogP contribution in [0.3, 0.4) is 0 Å². The molecule has 7 nitrogen and oxygen atoms in total. The van der Waals surface area contributed by atoms with Crippen molar-refractivity contribution >= 4 is 12.0 Å². The molecule has 2 aromatic rings. The SMILES string of the molecule is C[C@H](C1C=CC=CC1)N1C(=O)O[C@](Cc2ccccc2)(c2nnc(C3(C(F)(F)F)CC3)o2)C1=O. The first-order valence-corrected chi connectivity index (χ1v) is 11.0. The normalized spacial score (nSPS) is 26.6. The van der Waals surface area contributed by atoms with Gasteiger partial charge >= 0.3 is 12.3 Å². The first-order valence-electron chi connectivity index (χ1n) is 11.0. The Morgan fingerprint density at radius 2 is 1.82 bits per heavy atom. The van der Waals surface area contributed by atoms with Crippen LogP contribution in [0.5, 0.6) is 0 Å². The van der Waals surface area contributed by atoms with Crippen molar-refractivity contribution in [3.8, 4) is 0 Å². The van der Waals surface area contributed by atoms with Crippen LogP contribution in [-0.4, -0.2) is 39.3 Å². The zero-order valence-electron chi connectivity index (χ0n) is 18.3. The number of benzene rings is 1. The lowest BCUT2D eigenvalue weighted by Gasteiger charge is -2.28. The van der Waals surface area contributed by atoms with Crippen molar-refractivity contribution < 1.29 is 31.9 Å². The van der Waals surface area contributed by atoms with Crippen molar-refractivity contribution in [2.75, 3.05) is 0 Å². The molecule has 1 aliphatic heterocycles. The number of allylic oxidation sites excluding steroid dienone is 3. The van der Waals surface area contributed by atoms with E-state index in [2.05, 4.69) is 10.2 Å². The molecule has 0 radical (unpaired) electrons. The van der Waals surface area contributed by atoms with Gasteiger partial charge in [0.15, 0.2) is 0 Å². The van der Waals surface area contributed by atoms with E-state index in [1.54, 1.807) is 37.3 Å². The van der Waals surface area contributed by atoms with Gasteiger partial charge in [0.1, 0.15) is 5.41 Å². The van der Waals surface area contributed by atoms with Gasteiger partial charge < -0.3 is 9.15 Å². The molecule has 178 valence electrons. The number of carbonyl (C=O) groups is 2. The lowest BCUT2D eigenvalue weighted by molar-refractivity contribution is -0.166. The van der Waals surface area contributed by atoms with Crippen LogP contribution >= 0.6 is 0 Å². The third-order valence-corrected chi connectivity index (χ3v) is 6.83. The van der Waals surface area contributed by atoms with Gasteiger partial charge in [-0.25, -0.2) is 9.69 Å². The largest absolute Gasteiger partial charge is 0.422 e. The van der Waals surface area contributed by atoms with Crippen LogP contribution in [0.4, 0.5) is 18.0 Å². The highest BCUT2D eigenvalue weighted by Gasteiger charge is 2.69. The first-order chi connectivity index (χ1) is 16.2. The first kappa shape index (κ1) is 22.4. The Bertz CT molecular complexity index is 1170. The summed E-state index contributed by atoms with van der Waals surface area (Å²) < 4.78 is 52.0. The number of carbonyl (C=O) groups excluding carboxylic acids is 2. The van der Waals surface area contributed by atoms with E-state index in [1.807, 2.05) is 24.3 Å². The molecule has 10 heteroatoms. The molecular formula is C24H22F3N3O4. The summed E-state index contributed by atoms with van der Waals surface area (Å²) in [6.07, 6.45) is 2.20. The van der Waals surface area contributed by atoms with Crippen molar-refractivity contribution in [2.45, 2.75) is 55.8 Å². The second kappa shape index (κ2) is 7.82. The van der Waals surface area contributed by atoms with Crippen molar-refractivity contribution in [1.82, 2.24) is 15.1 Å². The molecule has 1 saturated carbocycles. The predicted molar refractivity (Wildman–Crippen MR) is 112 cm³/mol. The van der Waals surface area contributed by atoms with Gasteiger partial charge in [0.05, 0.1) is 0 Å². The highest BCUT2D eigenvalue weighted by Crippen LogP contribution is 2.58. The molecule has 34 heavy (non-hydrogen) atoms. The number of nitrogens with zero attached hydrogens (tertiary/aromatic N) is 3. The van der Waals surface area contributed by atoms with E-state index in [4.69, 9.17) is 9.15 Å². The van der Waals surface area contributed by atoms with Crippen LogP contribution in [0.15, 0.2) is 59.1 Å². The fourth-order valence-corrected chi connectivity index (χ4v) is 4.55. The topological polar surface area (TPSA) is 85.5 Å². The molecule has 1 saturated heterocycles. The van der Waals surface area contributed by atoms with E-state index in [-0.39, 0.29) is 25.2 Å². The summed E-state index contributed by atoms with van der Waals surface area (Å²) in [5.74, 6) is -1.93. The Kier molecular flexibility index (Phi) is 5.14. The lowest BCUT2D eigenvalue weighted by atomic mass is 9.90. The number of cyclic esters (lactones) is 1. The third-order valence-electron chi connectivity index (χ3n) is 6.83. The number of halogens is 3. The Morgan fingerprint density at radius 3 is 2.44 bits per heavy atom. The molecule has 0 bridgehead atoms. The minimum atomic E-state index is -4.57. The van der Waals surface area contributed by atoms with Crippen LogP contribution < -0.4 is 0 Å². The molecular weight excluding hydrogens is 451 g/mol. The highest BCUT2D eigenvalue weighted by molar-refractivity contribution is 6.03. The van der Waals surface area contributed by atoms with Crippen molar-refractivity contribution in [2.24, 2.45) is 5.92 Å². The zero-order valence-corrected chi connectivity index (χ0v) is 18.3. The summed E-state index contributed by atoms with van der Waals surface area (Å²) in [5.41, 5.74) is -3.65. The Morgan fingerprint density at radius 1 is 1.12 bits per heavy atom. The average Bonchev–Trinajstić information content (AvgIpc) is 3.43. The number of aromatic nitrogens is 2. The second-order valence-corrected chi connectivity index (χ2v) is 8.98. The number of imide groups is 1. The van der Waals surface area contributed by atoms with Gasteiger partial charge in [0.2, 0.25) is 5.89 Å². The molecule has 1 unspecified atom stereocenters. The molecule has 0 spiro atoms. The maximum absolute atomic E-state index is 13.8. The van der Waals surface area contributed by atoms with Gasteiger partial charge in [-0.05, 0) is 31.7 Å². The summed E-state index contributed by atoms with van der Waals surface area (Å²) in [6, 6.07) is 8.16. The van der Waals surface area contributed by atoms with E-state index in [0.717, 1.165) is 4.90 Å². The molecule has 5 rings (SSSR count). The summed E-state index contributed by atoms with van der Waals surface area (Å²) in [4.78, 5) is 27.8. The van der Waals surface area contributed by atoms with Crippen molar-refractivity contribution in [1.29, 1.82) is 0 Å². The highest BCUT2D eigenvalue weighted by atomic mass is 19.4. The number of amides is 2. The maximum Gasteiger partial charge on any atom is 0.418 e. The van der Waals surface area contributed by atoms with E-state index in [1.165, 1.54) is 0 Å². The van der Waals surface area contributed by atoms with Crippen LogP contribution in [0, 0.1) is 5.92 Å². The van der Waals surface area contributed by atoms with Crippen molar-refractivity contribution in [3.63, 3.8) is 0 Å². The van der Waals surface area contributed by atoms with Crippen LogP contribution in [-0.2, 0) is 27.0 Å². The molecule has 2 aliphatic carbocycles. The number of hydrogen-bond donors (Lipinski definition) is 0. The van der Waals surface area contributed by atoms with E-state index in [9.17, 15) is 22.8 Å². The van der Waals surface area contributed by atoms with Crippen LogP contribution in [0.2, 0.25) is 0 Å². The molecule has 3 atom stereocenters. The Labute approximate surface area is 193 Å². The summed E-state index contributed by atoms with van der Waals surface area (Å²) in [7, 11) is 0. The number of ether oxygens (including phenoxy) is 1. The average molecular weight is 473 g/mol. The molecule has 2 heterocycles. The number of hydrogen-bond acceptors (Lipinski definition) is 6. The predicted octanol–water partition coefficient (Wildman–Crippen LogP) is 4.60. The van der Waals surface area contributed by atoms with Gasteiger partial charge in [-0.2, -0.15) is 13.2 Å². The van der Waals surface area contributed by atoms with Gasteiger partial charge in [-0.3, -0.25) is 4.79 Å².